The summed E-state index contributed by atoms with van der Waals surface area (Å²) in [5.41, 5.74) is 8.65. The average molecular weight is 512 g/mol. The lowest BCUT2D eigenvalue weighted by atomic mass is 9.98. The molecule has 0 spiro atoms. The molecule has 2 atom stereocenters. The van der Waals surface area contributed by atoms with Crippen LogP contribution < -0.4 is 16.4 Å². The molecule has 2 aromatic carbocycles. The SMILES string of the molecule is C[C@@H](OC(C)(C)C)[C@H](NC(=O)OCC1c2ccccc2-c2ccccc21)C(=O)NCC(=O)OCC(N)=O. The summed E-state index contributed by atoms with van der Waals surface area (Å²) in [6.07, 6.45) is -1.57. The number of esters is 1. The maximum atomic E-state index is 12.9. The van der Waals surface area contributed by atoms with Gasteiger partial charge in [-0.3, -0.25) is 14.4 Å². The number of alkyl carbamates (subject to hydrolysis) is 1. The van der Waals surface area contributed by atoms with Gasteiger partial charge in [-0.25, -0.2) is 4.79 Å². The number of primary amides is 1. The van der Waals surface area contributed by atoms with E-state index in [-0.39, 0.29) is 12.5 Å². The number of amides is 3. The summed E-state index contributed by atoms with van der Waals surface area (Å²) >= 11 is 0. The van der Waals surface area contributed by atoms with Crippen molar-refractivity contribution in [1.82, 2.24) is 10.6 Å². The normalized spacial score (nSPS) is 14.1. The summed E-state index contributed by atoms with van der Waals surface area (Å²) in [5.74, 6) is -2.49. The number of ether oxygens (including phenoxy) is 3. The van der Waals surface area contributed by atoms with E-state index in [1.807, 2.05) is 69.3 Å². The van der Waals surface area contributed by atoms with Crippen LogP contribution in [0.25, 0.3) is 11.1 Å². The maximum Gasteiger partial charge on any atom is 0.407 e. The zero-order valence-corrected chi connectivity index (χ0v) is 21.4. The van der Waals surface area contributed by atoms with Gasteiger partial charge < -0.3 is 30.6 Å². The molecule has 37 heavy (non-hydrogen) atoms. The van der Waals surface area contributed by atoms with Crippen LogP contribution >= 0.6 is 0 Å². The molecule has 4 N–H and O–H groups in total. The lowest BCUT2D eigenvalue weighted by Crippen LogP contribution is -2.55. The molecular weight excluding hydrogens is 478 g/mol. The van der Waals surface area contributed by atoms with E-state index in [0.717, 1.165) is 22.3 Å². The third-order valence-electron chi connectivity index (χ3n) is 5.69. The van der Waals surface area contributed by atoms with Gasteiger partial charge in [-0.05, 0) is 49.9 Å². The summed E-state index contributed by atoms with van der Waals surface area (Å²) in [5, 5.41) is 4.95. The zero-order chi connectivity index (χ0) is 27.2. The van der Waals surface area contributed by atoms with E-state index in [1.54, 1.807) is 6.92 Å². The Bertz CT molecular complexity index is 1110. The van der Waals surface area contributed by atoms with Gasteiger partial charge in [-0.15, -0.1) is 0 Å². The summed E-state index contributed by atoms with van der Waals surface area (Å²) in [4.78, 5) is 48.2. The largest absolute Gasteiger partial charge is 0.454 e. The molecule has 2 aromatic rings. The van der Waals surface area contributed by atoms with E-state index in [9.17, 15) is 19.2 Å². The number of nitrogens with one attached hydrogen (secondary N) is 2. The number of fused-ring (bicyclic) bond motifs is 3. The third-order valence-corrected chi connectivity index (χ3v) is 5.69. The second-order valence-electron chi connectivity index (χ2n) is 9.73. The van der Waals surface area contributed by atoms with Gasteiger partial charge in [0, 0.05) is 5.92 Å². The molecule has 0 bridgehead atoms. The smallest absolute Gasteiger partial charge is 0.407 e. The number of carbonyl (C=O) groups excluding carboxylic acids is 4. The van der Waals surface area contributed by atoms with Crippen LogP contribution in [0.3, 0.4) is 0 Å². The Morgan fingerprint density at radius 3 is 2.05 bits per heavy atom. The second kappa shape index (κ2) is 11.9. The average Bonchev–Trinajstić information content (AvgIpc) is 3.15. The van der Waals surface area contributed by atoms with Gasteiger partial charge in [0.15, 0.2) is 6.61 Å². The molecule has 0 saturated carbocycles. The Kier molecular flexibility index (Phi) is 8.88. The Balaban J connectivity index is 1.66. The molecule has 198 valence electrons. The number of carbonyl (C=O) groups is 4. The van der Waals surface area contributed by atoms with Crippen LogP contribution in [0.1, 0.15) is 44.7 Å². The van der Waals surface area contributed by atoms with Crippen LogP contribution in [-0.4, -0.2) is 61.4 Å². The fourth-order valence-electron chi connectivity index (χ4n) is 4.26. The summed E-state index contributed by atoms with van der Waals surface area (Å²) in [7, 11) is 0. The Morgan fingerprint density at radius 2 is 1.51 bits per heavy atom. The molecule has 0 unspecified atom stereocenters. The van der Waals surface area contributed by atoms with Crippen molar-refractivity contribution in [3.63, 3.8) is 0 Å². The van der Waals surface area contributed by atoms with Gasteiger partial charge >= 0.3 is 12.1 Å². The molecule has 3 amide bonds. The topological polar surface area (TPSA) is 146 Å². The van der Waals surface area contributed by atoms with Crippen molar-refractivity contribution in [3.05, 3.63) is 59.7 Å². The maximum absolute atomic E-state index is 12.9. The van der Waals surface area contributed by atoms with E-state index in [4.69, 9.17) is 15.2 Å². The first kappa shape index (κ1) is 27.7. The molecule has 1 aliphatic carbocycles. The Morgan fingerprint density at radius 1 is 0.946 bits per heavy atom. The minimum atomic E-state index is -1.17. The quantitative estimate of drug-likeness (QED) is 0.415. The van der Waals surface area contributed by atoms with Crippen LogP contribution in [0.15, 0.2) is 48.5 Å². The van der Waals surface area contributed by atoms with Crippen LogP contribution in [0.2, 0.25) is 0 Å². The van der Waals surface area contributed by atoms with E-state index in [0.29, 0.717) is 0 Å². The van der Waals surface area contributed by atoms with Gasteiger partial charge in [0.1, 0.15) is 19.2 Å². The minimum absolute atomic E-state index is 0.0716. The van der Waals surface area contributed by atoms with Gasteiger partial charge in [0.25, 0.3) is 5.91 Å². The van der Waals surface area contributed by atoms with Crippen molar-refractivity contribution in [2.24, 2.45) is 5.73 Å². The monoisotopic (exact) mass is 511 g/mol. The Hall–Kier alpha value is -3.92. The molecule has 10 heteroatoms. The van der Waals surface area contributed by atoms with Crippen molar-refractivity contribution in [1.29, 1.82) is 0 Å². The molecule has 3 rings (SSSR count). The van der Waals surface area contributed by atoms with Crippen LogP contribution in [0, 0.1) is 0 Å². The lowest BCUT2D eigenvalue weighted by Gasteiger charge is -2.30. The fourth-order valence-corrected chi connectivity index (χ4v) is 4.26. The number of hydrogen-bond acceptors (Lipinski definition) is 7. The summed E-state index contributed by atoms with van der Waals surface area (Å²) in [6, 6.07) is 14.7. The van der Waals surface area contributed by atoms with Gasteiger partial charge in [0.2, 0.25) is 5.91 Å². The molecule has 0 aromatic heterocycles. The molecule has 0 radical (unpaired) electrons. The number of rotatable bonds is 10. The molecule has 10 nitrogen and oxygen atoms in total. The molecule has 0 saturated heterocycles. The van der Waals surface area contributed by atoms with Gasteiger partial charge in [-0.1, -0.05) is 48.5 Å². The lowest BCUT2D eigenvalue weighted by molar-refractivity contribution is -0.148. The predicted octanol–water partition coefficient (Wildman–Crippen LogP) is 2.24. The van der Waals surface area contributed by atoms with Crippen molar-refractivity contribution in [2.45, 2.75) is 51.4 Å². The summed E-state index contributed by atoms with van der Waals surface area (Å²) in [6.45, 7) is 6.02. The summed E-state index contributed by atoms with van der Waals surface area (Å²) < 4.78 is 16.1. The van der Waals surface area contributed by atoms with Crippen LogP contribution in [0.5, 0.6) is 0 Å². The highest BCUT2D eigenvalue weighted by Crippen LogP contribution is 2.44. The van der Waals surface area contributed by atoms with Crippen molar-refractivity contribution in [3.8, 4) is 11.1 Å². The highest BCUT2D eigenvalue weighted by atomic mass is 16.6. The number of nitrogens with two attached hydrogens (primary N) is 1. The van der Waals surface area contributed by atoms with Crippen LogP contribution in [0.4, 0.5) is 4.79 Å². The van der Waals surface area contributed by atoms with Crippen molar-refractivity contribution < 1.29 is 33.4 Å². The third kappa shape index (κ3) is 7.53. The fraction of sp³-hybridized carbons (Fsp3) is 0.407. The number of hydrogen-bond donors (Lipinski definition) is 3. The first-order valence-corrected chi connectivity index (χ1v) is 12.0. The van der Waals surface area contributed by atoms with E-state index in [2.05, 4.69) is 15.4 Å². The molecule has 0 aliphatic heterocycles. The Labute approximate surface area is 215 Å². The van der Waals surface area contributed by atoms with E-state index < -0.39 is 54.8 Å². The predicted molar refractivity (Wildman–Crippen MR) is 135 cm³/mol. The van der Waals surface area contributed by atoms with Gasteiger partial charge in [-0.2, -0.15) is 0 Å². The van der Waals surface area contributed by atoms with E-state index >= 15 is 0 Å². The first-order valence-electron chi connectivity index (χ1n) is 12.0. The molecule has 0 heterocycles. The van der Waals surface area contributed by atoms with Crippen LogP contribution in [-0.2, 0) is 28.6 Å². The molecule has 0 fully saturated rings. The van der Waals surface area contributed by atoms with Crippen molar-refractivity contribution in [2.75, 3.05) is 19.8 Å². The molecular formula is C27H33N3O7. The standard InChI is InChI=1S/C27H33N3O7/c1-16(37-27(2,3)4)24(25(33)29-13-23(32)35-15-22(28)31)30-26(34)36-14-21-19-11-7-5-9-17(19)18-10-6-8-12-20(18)21/h5-12,16,21,24H,13-15H2,1-4H3,(H2,28,31)(H,29,33)(H,30,34)/t16-,24+/m1/s1. The second-order valence-corrected chi connectivity index (χ2v) is 9.73. The highest BCUT2D eigenvalue weighted by molar-refractivity contribution is 5.89. The minimum Gasteiger partial charge on any atom is -0.454 e. The first-order chi connectivity index (χ1) is 17.5. The highest BCUT2D eigenvalue weighted by Gasteiger charge is 2.33. The van der Waals surface area contributed by atoms with Crippen molar-refractivity contribution >= 4 is 23.9 Å². The zero-order valence-electron chi connectivity index (χ0n) is 21.4. The van der Waals surface area contributed by atoms with E-state index in [1.165, 1.54) is 0 Å². The van der Waals surface area contributed by atoms with Gasteiger partial charge in [0.05, 0.1) is 11.7 Å². The molecule has 1 aliphatic rings. The number of benzene rings is 2.